The number of fused-ring (bicyclic) bond motifs is 1. The molecule has 1 aromatic carbocycles. The van der Waals surface area contributed by atoms with E-state index in [0.29, 0.717) is 6.61 Å². The molecule has 0 atom stereocenters. The molecular weight excluding hydrogens is 300 g/mol. The van der Waals surface area contributed by atoms with E-state index in [2.05, 4.69) is 37.1 Å². The van der Waals surface area contributed by atoms with E-state index >= 15 is 0 Å². The molecular formula is C19H22N4O. The van der Waals surface area contributed by atoms with Crippen LogP contribution in [-0.4, -0.2) is 16.0 Å². The first-order chi connectivity index (χ1) is 11.6. The Balaban J connectivity index is 1.99. The fourth-order valence-corrected chi connectivity index (χ4v) is 2.58. The van der Waals surface area contributed by atoms with Crippen LogP contribution in [-0.2, 0) is 0 Å². The van der Waals surface area contributed by atoms with Crippen molar-refractivity contribution in [2.75, 3.05) is 6.61 Å². The molecule has 0 aliphatic rings. The third-order valence-electron chi connectivity index (χ3n) is 3.80. The van der Waals surface area contributed by atoms with Crippen LogP contribution in [0.1, 0.15) is 37.9 Å². The molecule has 0 fully saturated rings. The van der Waals surface area contributed by atoms with E-state index < -0.39 is 0 Å². The van der Waals surface area contributed by atoms with Crippen molar-refractivity contribution in [2.24, 2.45) is 10.2 Å². The van der Waals surface area contributed by atoms with E-state index in [0.717, 1.165) is 34.2 Å². The van der Waals surface area contributed by atoms with Crippen LogP contribution >= 0.6 is 0 Å². The fraction of sp³-hybridized carbons (Fsp3) is 0.316. The number of imidazole rings is 1. The van der Waals surface area contributed by atoms with Crippen molar-refractivity contribution in [2.45, 2.75) is 33.6 Å². The van der Waals surface area contributed by atoms with Gasteiger partial charge in [0.1, 0.15) is 11.4 Å². The SMILES string of the molecule is CCOc1ccc(N=Nc2c(C(C)C)nc3c(C)cccn23)cc1. The first-order valence-corrected chi connectivity index (χ1v) is 8.22. The Hall–Kier alpha value is -2.69. The van der Waals surface area contributed by atoms with Crippen molar-refractivity contribution in [3.8, 4) is 5.75 Å². The Morgan fingerprint density at radius 1 is 1.12 bits per heavy atom. The number of hydrogen-bond donors (Lipinski definition) is 0. The molecule has 3 aromatic rings. The zero-order valence-electron chi connectivity index (χ0n) is 14.5. The van der Waals surface area contributed by atoms with Crippen LogP contribution in [0.2, 0.25) is 0 Å². The normalized spacial score (nSPS) is 11.7. The predicted molar refractivity (Wildman–Crippen MR) is 95.8 cm³/mol. The standard InChI is InChI=1S/C19H22N4O/c1-5-24-16-10-8-15(9-11-16)21-22-19-17(13(2)3)20-18-14(4)7-6-12-23(18)19/h6-13H,5H2,1-4H3. The van der Waals surface area contributed by atoms with Crippen LogP contribution in [0.15, 0.2) is 52.8 Å². The quantitative estimate of drug-likeness (QED) is 0.576. The summed E-state index contributed by atoms with van der Waals surface area (Å²) in [7, 11) is 0. The first-order valence-electron chi connectivity index (χ1n) is 8.22. The van der Waals surface area contributed by atoms with Crippen LogP contribution in [0.25, 0.3) is 5.65 Å². The number of rotatable bonds is 5. The van der Waals surface area contributed by atoms with Crippen molar-refractivity contribution < 1.29 is 4.74 Å². The van der Waals surface area contributed by atoms with Gasteiger partial charge >= 0.3 is 0 Å². The molecule has 0 unspecified atom stereocenters. The number of pyridine rings is 1. The van der Waals surface area contributed by atoms with Gasteiger partial charge < -0.3 is 4.74 Å². The number of hydrogen-bond acceptors (Lipinski definition) is 4. The van der Waals surface area contributed by atoms with Gasteiger partial charge in [-0.2, -0.15) is 0 Å². The molecule has 0 spiro atoms. The molecule has 0 saturated heterocycles. The molecule has 0 aliphatic carbocycles. The second-order valence-electron chi connectivity index (χ2n) is 5.99. The lowest BCUT2D eigenvalue weighted by molar-refractivity contribution is 0.340. The highest BCUT2D eigenvalue weighted by Crippen LogP contribution is 2.30. The van der Waals surface area contributed by atoms with Gasteiger partial charge in [-0.25, -0.2) is 4.98 Å². The summed E-state index contributed by atoms with van der Waals surface area (Å²) < 4.78 is 7.45. The highest BCUT2D eigenvalue weighted by molar-refractivity contribution is 5.57. The molecule has 5 nitrogen and oxygen atoms in total. The van der Waals surface area contributed by atoms with Gasteiger partial charge in [0.15, 0.2) is 5.82 Å². The highest BCUT2D eigenvalue weighted by Gasteiger charge is 2.15. The van der Waals surface area contributed by atoms with E-state index in [4.69, 9.17) is 9.72 Å². The van der Waals surface area contributed by atoms with E-state index in [1.165, 1.54) is 0 Å². The number of azo groups is 1. The van der Waals surface area contributed by atoms with Gasteiger partial charge in [0.25, 0.3) is 0 Å². The van der Waals surface area contributed by atoms with E-state index in [1.807, 2.05) is 47.9 Å². The maximum absolute atomic E-state index is 5.45. The summed E-state index contributed by atoms with van der Waals surface area (Å²) in [4.78, 5) is 4.75. The van der Waals surface area contributed by atoms with Gasteiger partial charge in [0.2, 0.25) is 0 Å². The van der Waals surface area contributed by atoms with Gasteiger partial charge in [0.05, 0.1) is 18.0 Å². The van der Waals surface area contributed by atoms with E-state index in [1.54, 1.807) is 0 Å². The van der Waals surface area contributed by atoms with Gasteiger partial charge in [-0.3, -0.25) is 4.40 Å². The molecule has 0 amide bonds. The summed E-state index contributed by atoms with van der Waals surface area (Å²) in [6, 6.07) is 11.7. The summed E-state index contributed by atoms with van der Waals surface area (Å²) in [5, 5.41) is 8.87. The van der Waals surface area contributed by atoms with Crippen molar-refractivity contribution in [1.29, 1.82) is 0 Å². The van der Waals surface area contributed by atoms with Crippen molar-refractivity contribution in [3.63, 3.8) is 0 Å². The highest BCUT2D eigenvalue weighted by atomic mass is 16.5. The maximum atomic E-state index is 5.45. The zero-order chi connectivity index (χ0) is 17.1. The summed E-state index contributed by atoms with van der Waals surface area (Å²) in [6.45, 7) is 8.91. The number of aryl methyl sites for hydroxylation is 1. The van der Waals surface area contributed by atoms with Crippen LogP contribution in [0.4, 0.5) is 11.5 Å². The Kier molecular flexibility index (Phi) is 4.60. The molecule has 0 saturated carbocycles. The second kappa shape index (κ2) is 6.83. The van der Waals surface area contributed by atoms with Crippen LogP contribution in [0.5, 0.6) is 5.75 Å². The Morgan fingerprint density at radius 2 is 1.88 bits per heavy atom. The minimum atomic E-state index is 0.276. The summed E-state index contributed by atoms with van der Waals surface area (Å²) in [6.07, 6.45) is 1.98. The molecule has 124 valence electrons. The maximum Gasteiger partial charge on any atom is 0.183 e. The van der Waals surface area contributed by atoms with Gasteiger partial charge in [0, 0.05) is 6.20 Å². The molecule has 5 heteroatoms. The van der Waals surface area contributed by atoms with E-state index in [9.17, 15) is 0 Å². The molecule has 3 rings (SSSR count). The topological polar surface area (TPSA) is 51.2 Å². The van der Waals surface area contributed by atoms with Crippen molar-refractivity contribution in [1.82, 2.24) is 9.38 Å². The molecule has 0 N–H and O–H groups in total. The van der Waals surface area contributed by atoms with Gasteiger partial charge in [-0.05, 0) is 55.7 Å². The van der Waals surface area contributed by atoms with Crippen molar-refractivity contribution in [3.05, 3.63) is 53.9 Å². The third kappa shape index (κ3) is 3.15. The number of ether oxygens (including phenoxy) is 1. The third-order valence-corrected chi connectivity index (χ3v) is 3.80. The van der Waals surface area contributed by atoms with Crippen LogP contribution in [0.3, 0.4) is 0 Å². The molecule has 0 bridgehead atoms. The summed E-state index contributed by atoms with van der Waals surface area (Å²) in [5.41, 5.74) is 3.80. The molecule has 2 heterocycles. The monoisotopic (exact) mass is 322 g/mol. The smallest absolute Gasteiger partial charge is 0.183 e. The zero-order valence-corrected chi connectivity index (χ0v) is 14.5. The average molecular weight is 322 g/mol. The molecule has 0 radical (unpaired) electrons. The second-order valence-corrected chi connectivity index (χ2v) is 5.99. The number of aromatic nitrogens is 2. The fourth-order valence-electron chi connectivity index (χ4n) is 2.58. The number of benzene rings is 1. The minimum Gasteiger partial charge on any atom is -0.494 e. The molecule has 0 aliphatic heterocycles. The minimum absolute atomic E-state index is 0.276. The summed E-state index contributed by atoms with van der Waals surface area (Å²) >= 11 is 0. The molecule has 2 aromatic heterocycles. The van der Waals surface area contributed by atoms with Crippen LogP contribution in [0, 0.1) is 6.92 Å². The Bertz CT molecular complexity index is 863. The van der Waals surface area contributed by atoms with Gasteiger partial charge in [-0.15, -0.1) is 10.2 Å². The lowest BCUT2D eigenvalue weighted by Crippen LogP contribution is -1.89. The lowest BCUT2D eigenvalue weighted by Gasteiger charge is -2.03. The van der Waals surface area contributed by atoms with Gasteiger partial charge in [-0.1, -0.05) is 19.9 Å². The average Bonchev–Trinajstić information content (AvgIpc) is 2.95. The predicted octanol–water partition coefficient (Wildman–Crippen LogP) is 5.58. The van der Waals surface area contributed by atoms with E-state index in [-0.39, 0.29) is 5.92 Å². The Labute approximate surface area is 142 Å². The van der Waals surface area contributed by atoms with Crippen molar-refractivity contribution >= 4 is 17.2 Å². The molecule has 24 heavy (non-hydrogen) atoms. The Morgan fingerprint density at radius 3 is 2.54 bits per heavy atom. The first kappa shape index (κ1) is 16.2. The van der Waals surface area contributed by atoms with Crippen LogP contribution < -0.4 is 4.74 Å². The largest absolute Gasteiger partial charge is 0.494 e. The lowest BCUT2D eigenvalue weighted by atomic mass is 10.1. The number of nitrogens with zero attached hydrogens (tertiary/aromatic N) is 4. The summed E-state index contributed by atoms with van der Waals surface area (Å²) in [5.74, 6) is 1.90.